The smallest absolute Gasteiger partial charge is 0.0692 e. The molecule has 1 aromatic rings. The van der Waals surface area contributed by atoms with Crippen molar-refractivity contribution in [2.75, 3.05) is 6.54 Å². The number of hydrogen-bond donors (Lipinski definition) is 1. The number of hydrogen-bond acceptors (Lipinski definition) is 3. The Hall–Kier alpha value is -1.34. The minimum absolute atomic E-state index is 0.149. The van der Waals surface area contributed by atoms with Crippen LogP contribution in [0.1, 0.15) is 13.3 Å². The minimum atomic E-state index is 0.149. The number of nitrogens with zero attached hydrogens (tertiary/aromatic N) is 3. The van der Waals surface area contributed by atoms with Gasteiger partial charge in [-0.3, -0.25) is 4.68 Å². The Balaban J connectivity index is 2.06. The maximum atomic E-state index is 5.21. The van der Waals surface area contributed by atoms with Gasteiger partial charge in [-0.15, -0.1) is 11.5 Å². The molecular weight excluding hydrogens is 164 g/mol. The molecular formula is C9H14N4. The Morgan fingerprint density at radius 1 is 1.69 bits per heavy atom. The lowest BCUT2D eigenvalue weighted by Crippen LogP contribution is -2.26. The topological polar surface area (TPSA) is 42.7 Å². The number of terminal acetylenes is 1. The van der Waals surface area contributed by atoms with Crippen LogP contribution in [0.15, 0.2) is 12.4 Å². The van der Waals surface area contributed by atoms with E-state index in [4.69, 9.17) is 6.42 Å². The highest BCUT2D eigenvalue weighted by atomic mass is 15.4. The summed E-state index contributed by atoms with van der Waals surface area (Å²) < 4.78 is 1.81. The SMILES string of the molecule is C#CC(C)NCCCn1ccnn1. The van der Waals surface area contributed by atoms with Crippen LogP contribution in [0.5, 0.6) is 0 Å². The van der Waals surface area contributed by atoms with Gasteiger partial charge >= 0.3 is 0 Å². The first-order valence-electron chi connectivity index (χ1n) is 4.36. The van der Waals surface area contributed by atoms with E-state index in [-0.39, 0.29) is 6.04 Å². The molecule has 4 heteroatoms. The Morgan fingerprint density at radius 2 is 2.54 bits per heavy atom. The predicted molar refractivity (Wildman–Crippen MR) is 50.9 cm³/mol. The summed E-state index contributed by atoms with van der Waals surface area (Å²) >= 11 is 0. The zero-order chi connectivity index (χ0) is 9.52. The molecule has 0 radical (unpaired) electrons. The van der Waals surface area contributed by atoms with Gasteiger partial charge in [-0.2, -0.15) is 0 Å². The largest absolute Gasteiger partial charge is 0.304 e. The Kier molecular flexibility index (Phi) is 4.00. The predicted octanol–water partition coefficient (Wildman–Crippen LogP) is 0.279. The van der Waals surface area contributed by atoms with Gasteiger partial charge in [0.15, 0.2) is 0 Å². The van der Waals surface area contributed by atoms with E-state index in [9.17, 15) is 0 Å². The molecule has 1 N–H and O–H groups in total. The van der Waals surface area contributed by atoms with Crippen LogP contribution < -0.4 is 5.32 Å². The highest BCUT2D eigenvalue weighted by molar-refractivity contribution is 4.95. The van der Waals surface area contributed by atoms with Crippen LogP contribution in [0.25, 0.3) is 0 Å². The molecule has 0 bridgehead atoms. The summed E-state index contributed by atoms with van der Waals surface area (Å²) in [5.74, 6) is 2.61. The molecule has 0 amide bonds. The van der Waals surface area contributed by atoms with Crippen molar-refractivity contribution in [1.82, 2.24) is 20.3 Å². The Morgan fingerprint density at radius 3 is 3.15 bits per heavy atom. The fourth-order valence-corrected chi connectivity index (χ4v) is 0.971. The van der Waals surface area contributed by atoms with Gasteiger partial charge in [0.05, 0.1) is 12.2 Å². The second kappa shape index (κ2) is 5.33. The fraction of sp³-hybridized carbons (Fsp3) is 0.556. The molecule has 4 nitrogen and oxygen atoms in total. The normalized spacial score (nSPS) is 12.3. The van der Waals surface area contributed by atoms with Crippen molar-refractivity contribution in [3.8, 4) is 12.3 Å². The first-order chi connectivity index (χ1) is 6.33. The molecule has 0 fully saturated rings. The van der Waals surface area contributed by atoms with E-state index in [2.05, 4.69) is 21.5 Å². The molecule has 1 aromatic heterocycles. The van der Waals surface area contributed by atoms with Gasteiger partial charge in [-0.25, -0.2) is 0 Å². The van der Waals surface area contributed by atoms with Crippen molar-refractivity contribution in [1.29, 1.82) is 0 Å². The summed E-state index contributed by atoms with van der Waals surface area (Å²) in [6.45, 7) is 3.75. The molecule has 0 aliphatic carbocycles. The first-order valence-corrected chi connectivity index (χ1v) is 4.36. The van der Waals surface area contributed by atoms with Gasteiger partial charge in [0.25, 0.3) is 0 Å². The second-order valence-corrected chi connectivity index (χ2v) is 2.86. The van der Waals surface area contributed by atoms with Gasteiger partial charge in [0.2, 0.25) is 0 Å². The van der Waals surface area contributed by atoms with E-state index in [1.807, 2.05) is 17.8 Å². The van der Waals surface area contributed by atoms with Crippen molar-refractivity contribution in [2.24, 2.45) is 0 Å². The number of nitrogens with one attached hydrogen (secondary N) is 1. The summed E-state index contributed by atoms with van der Waals surface area (Å²) in [7, 11) is 0. The van der Waals surface area contributed by atoms with Crippen molar-refractivity contribution < 1.29 is 0 Å². The molecule has 1 unspecified atom stereocenters. The number of aryl methyl sites for hydroxylation is 1. The van der Waals surface area contributed by atoms with E-state index >= 15 is 0 Å². The Labute approximate surface area is 78.3 Å². The van der Waals surface area contributed by atoms with E-state index < -0.39 is 0 Å². The quantitative estimate of drug-likeness (QED) is 0.520. The van der Waals surface area contributed by atoms with E-state index in [1.165, 1.54) is 0 Å². The van der Waals surface area contributed by atoms with Crippen LogP contribution in [0, 0.1) is 12.3 Å². The van der Waals surface area contributed by atoms with E-state index in [1.54, 1.807) is 6.20 Å². The third-order valence-electron chi connectivity index (χ3n) is 1.74. The van der Waals surface area contributed by atoms with E-state index in [0.29, 0.717) is 0 Å². The fourth-order valence-electron chi connectivity index (χ4n) is 0.971. The van der Waals surface area contributed by atoms with Gasteiger partial charge in [0.1, 0.15) is 0 Å². The molecule has 0 spiro atoms. The van der Waals surface area contributed by atoms with Crippen molar-refractivity contribution in [3.63, 3.8) is 0 Å². The van der Waals surface area contributed by atoms with E-state index in [0.717, 1.165) is 19.5 Å². The maximum absolute atomic E-state index is 5.21. The van der Waals surface area contributed by atoms with Gasteiger partial charge in [-0.05, 0) is 19.9 Å². The van der Waals surface area contributed by atoms with Crippen LogP contribution in [-0.4, -0.2) is 27.6 Å². The molecule has 0 aromatic carbocycles. The van der Waals surface area contributed by atoms with Crippen molar-refractivity contribution in [3.05, 3.63) is 12.4 Å². The van der Waals surface area contributed by atoms with Crippen LogP contribution in [0.2, 0.25) is 0 Å². The molecule has 0 saturated heterocycles. The summed E-state index contributed by atoms with van der Waals surface area (Å²) in [6, 6.07) is 0.149. The third kappa shape index (κ3) is 3.72. The first kappa shape index (κ1) is 9.75. The Bertz CT molecular complexity index is 260. The summed E-state index contributed by atoms with van der Waals surface area (Å²) in [5.41, 5.74) is 0. The molecule has 1 heterocycles. The summed E-state index contributed by atoms with van der Waals surface area (Å²) in [6.07, 6.45) is 9.75. The molecule has 0 aliphatic rings. The molecule has 0 aliphatic heterocycles. The van der Waals surface area contributed by atoms with Gasteiger partial charge in [-0.1, -0.05) is 11.1 Å². The maximum Gasteiger partial charge on any atom is 0.0692 e. The molecule has 13 heavy (non-hydrogen) atoms. The standard InChI is InChI=1S/C9H14N4/c1-3-9(2)10-5-4-7-13-8-6-11-12-13/h1,6,8-10H,4-5,7H2,2H3. The van der Waals surface area contributed by atoms with Crippen molar-refractivity contribution in [2.45, 2.75) is 25.9 Å². The number of aromatic nitrogens is 3. The second-order valence-electron chi connectivity index (χ2n) is 2.86. The average molecular weight is 178 g/mol. The monoisotopic (exact) mass is 178 g/mol. The van der Waals surface area contributed by atoms with Crippen LogP contribution in [0.3, 0.4) is 0 Å². The summed E-state index contributed by atoms with van der Waals surface area (Å²) in [4.78, 5) is 0. The third-order valence-corrected chi connectivity index (χ3v) is 1.74. The highest BCUT2D eigenvalue weighted by Gasteiger charge is 1.95. The molecule has 1 rings (SSSR count). The highest BCUT2D eigenvalue weighted by Crippen LogP contribution is 1.86. The molecule has 1 atom stereocenters. The zero-order valence-electron chi connectivity index (χ0n) is 7.77. The average Bonchev–Trinajstić information content (AvgIpc) is 2.64. The van der Waals surface area contributed by atoms with Crippen LogP contribution in [-0.2, 0) is 6.54 Å². The van der Waals surface area contributed by atoms with Gasteiger partial charge in [0, 0.05) is 12.7 Å². The van der Waals surface area contributed by atoms with Crippen molar-refractivity contribution >= 4 is 0 Å². The minimum Gasteiger partial charge on any atom is -0.304 e. The zero-order valence-corrected chi connectivity index (χ0v) is 7.77. The van der Waals surface area contributed by atoms with Crippen LogP contribution >= 0.6 is 0 Å². The number of rotatable bonds is 5. The lowest BCUT2D eigenvalue weighted by atomic mass is 10.3. The van der Waals surface area contributed by atoms with Crippen LogP contribution in [0.4, 0.5) is 0 Å². The lowest BCUT2D eigenvalue weighted by molar-refractivity contribution is 0.522. The lowest BCUT2D eigenvalue weighted by Gasteiger charge is -2.06. The van der Waals surface area contributed by atoms with Gasteiger partial charge < -0.3 is 5.32 Å². The molecule has 0 saturated carbocycles. The summed E-state index contributed by atoms with van der Waals surface area (Å²) in [5, 5.41) is 10.8. The molecule has 70 valence electrons.